The monoisotopic (exact) mass is 386 g/mol. The summed E-state index contributed by atoms with van der Waals surface area (Å²) in [5.74, 6) is 0.221. The van der Waals surface area contributed by atoms with Crippen molar-refractivity contribution in [3.63, 3.8) is 0 Å². The Morgan fingerprint density at radius 3 is 2.52 bits per heavy atom. The zero-order valence-electron chi connectivity index (χ0n) is 15.4. The van der Waals surface area contributed by atoms with E-state index in [1.165, 1.54) is 6.07 Å². The molecule has 144 valence electrons. The molecule has 7 nitrogen and oxygen atoms in total. The Kier molecular flexibility index (Phi) is 4.70. The SMILES string of the molecule is C=[N+]([O-])c1ccc2nc(-c3ccc(CNC(=O)c4ccccc4)cc3)n(O)c2c1. The topological polar surface area (TPSA) is 93.2 Å². The first kappa shape index (κ1) is 18.2. The quantitative estimate of drug-likeness (QED) is 0.180. The van der Waals surface area contributed by atoms with E-state index in [1.807, 2.05) is 42.5 Å². The van der Waals surface area contributed by atoms with E-state index < -0.39 is 0 Å². The number of carbonyl (C=O) groups is 1. The van der Waals surface area contributed by atoms with E-state index in [0.29, 0.717) is 45.0 Å². The van der Waals surface area contributed by atoms with Gasteiger partial charge in [0.2, 0.25) is 5.69 Å². The van der Waals surface area contributed by atoms with Crippen molar-refractivity contribution in [2.75, 3.05) is 0 Å². The first-order chi connectivity index (χ1) is 14.0. The number of hydrogen-bond donors (Lipinski definition) is 2. The van der Waals surface area contributed by atoms with Gasteiger partial charge in [-0.15, -0.1) is 0 Å². The third-order valence-corrected chi connectivity index (χ3v) is 4.60. The summed E-state index contributed by atoms with van der Waals surface area (Å²) in [5, 5.41) is 24.7. The van der Waals surface area contributed by atoms with Crippen molar-refractivity contribution in [2.24, 2.45) is 0 Å². The Hall–Kier alpha value is -4.13. The van der Waals surface area contributed by atoms with Crippen molar-refractivity contribution in [1.82, 2.24) is 15.0 Å². The Morgan fingerprint density at radius 2 is 1.83 bits per heavy atom. The number of nitrogens with one attached hydrogen (secondary N) is 1. The number of fused-ring (bicyclic) bond motifs is 1. The van der Waals surface area contributed by atoms with Gasteiger partial charge in [0.05, 0.1) is 5.52 Å². The molecule has 1 heterocycles. The standard InChI is InChI=1S/C22H18N4O3/c1-25(28)18-11-12-19-20(13-18)26(29)21(24-19)16-9-7-15(8-10-16)14-23-22(27)17-5-3-2-4-6-17/h2-13,29H,1,14H2,(H,23,27). The molecule has 0 bridgehead atoms. The molecule has 4 aromatic rings. The molecule has 3 aromatic carbocycles. The first-order valence-corrected chi connectivity index (χ1v) is 8.95. The number of hydrogen-bond acceptors (Lipinski definition) is 4. The summed E-state index contributed by atoms with van der Waals surface area (Å²) >= 11 is 0. The Bertz CT molecular complexity index is 1200. The molecular formula is C22H18N4O3. The second-order valence-corrected chi connectivity index (χ2v) is 6.54. The number of carbonyl (C=O) groups excluding carboxylic acids is 1. The summed E-state index contributed by atoms with van der Waals surface area (Å²) in [6.07, 6.45) is 0. The van der Waals surface area contributed by atoms with Crippen LogP contribution in [0.5, 0.6) is 0 Å². The lowest BCUT2D eigenvalue weighted by Gasteiger charge is -2.07. The van der Waals surface area contributed by atoms with Gasteiger partial charge in [0.1, 0.15) is 12.2 Å². The van der Waals surface area contributed by atoms with Gasteiger partial charge >= 0.3 is 0 Å². The summed E-state index contributed by atoms with van der Waals surface area (Å²) in [5.41, 5.74) is 3.53. The number of benzene rings is 3. The lowest BCUT2D eigenvalue weighted by atomic mass is 10.1. The Labute approximate surface area is 166 Å². The van der Waals surface area contributed by atoms with Gasteiger partial charge in [-0.05, 0) is 23.8 Å². The van der Waals surface area contributed by atoms with Gasteiger partial charge in [0.25, 0.3) is 5.91 Å². The Balaban J connectivity index is 1.52. The molecule has 0 radical (unpaired) electrons. The van der Waals surface area contributed by atoms with Crippen molar-refractivity contribution in [2.45, 2.75) is 6.54 Å². The van der Waals surface area contributed by atoms with E-state index in [9.17, 15) is 15.2 Å². The summed E-state index contributed by atoms with van der Waals surface area (Å²) in [7, 11) is 0. The lowest BCUT2D eigenvalue weighted by Crippen LogP contribution is -2.22. The van der Waals surface area contributed by atoms with Gasteiger partial charge in [-0.2, -0.15) is 9.47 Å². The molecule has 29 heavy (non-hydrogen) atoms. The van der Waals surface area contributed by atoms with Crippen LogP contribution >= 0.6 is 0 Å². The number of imidazole rings is 1. The summed E-state index contributed by atoms with van der Waals surface area (Å²) in [4.78, 5) is 16.6. The fourth-order valence-electron chi connectivity index (χ4n) is 3.04. The predicted molar refractivity (Wildman–Crippen MR) is 110 cm³/mol. The van der Waals surface area contributed by atoms with Gasteiger partial charge in [0, 0.05) is 29.8 Å². The van der Waals surface area contributed by atoms with Gasteiger partial charge in [-0.1, -0.05) is 42.5 Å². The molecule has 1 amide bonds. The van der Waals surface area contributed by atoms with E-state index in [2.05, 4.69) is 17.0 Å². The molecule has 2 N–H and O–H groups in total. The molecular weight excluding hydrogens is 368 g/mol. The van der Waals surface area contributed by atoms with Crippen molar-refractivity contribution < 1.29 is 14.7 Å². The minimum absolute atomic E-state index is 0.138. The maximum absolute atomic E-state index is 12.1. The molecule has 0 spiro atoms. The predicted octanol–water partition coefficient (Wildman–Crippen LogP) is 3.71. The van der Waals surface area contributed by atoms with E-state index in [4.69, 9.17) is 0 Å². The molecule has 0 saturated carbocycles. The highest BCUT2D eigenvalue weighted by Gasteiger charge is 2.14. The van der Waals surface area contributed by atoms with Crippen molar-refractivity contribution in [3.8, 4) is 11.4 Å². The third-order valence-electron chi connectivity index (χ3n) is 4.60. The minimum Gasteiger partial charge on any atom is -0.619 e. The summed E-state index contributed by atoms with van der Waals surface area (Å²) in [6, 6.07) is 21.2. The van der Waals surface area contributed by atoms with E-state index >= 15 is 0 Å². The fraction of sp³-hybridized carbons (Fsp3) is 0.0455. The van der Waals surface area contributed by atoms with Gasteiger partial charge in [-0.3, -0.25) is 4.79 Å². The van der Waals surface area contributed by atoms with Crippen LogP contribution in [0.3, 0.4) is 0 Å². The maximum atomic E-state index is 12.1. The first-order valence-electron chi connectivity index (χ1n) is 8.95. The largest absolute Gasteiger partial charge is 0.619 e. The van der Waals surface area contributed by atoms with Crippen molar-refractivity contribution in [3.05, 3.63) is 89.1 Å². The highest BCUT2D eigenvalue weighted by atomic mass is 16.5. The highest BCUT2D eigenvalue weighted by molar-refractivity contribution is 5.94. The maximum Gasteiger partial charge on any atom is 0.251 e. The van der Waals surface area contributed by atoms with Crippen LogP contribution < -0.4 is 5.32 Å². The van der Waals surface area contributed by atoms with Crippen LogP contribution in [0, 0.1) is 5.21 Å². The second-order valence-electron chi connectivity index (χ2n) is 6.54. The van der Waals surface area contributed by atoms with Crippen LogP contribution in [-0.2, 0) is 6.54 Å². The smallest absolute Gasteiger partial charge is 0.251 e. The zero-order valence-corrected chi connectivity index (χ0v) is 15.4. The van der Waals surface area contributed by atoms with Crippen molar-refractivity contribution in [1.29, 1.82) is 0 Å². The Morgan fingerprint density at radius 1 is 1.10 bits per heavy atom. The van der Waals surface area contributed by atoms with Crippen LogP contribution in [0.25, 0.3) is 22.4 Å². The third kappa shape index (κ3) is 3.66. The average molecular weight is 386 g/mol. The van der Waals surface area contributed by atoms with E-state index in [-0.39, 0.29) is 5.91 Å². The lowest BCUT2D eigenvalue weighted by molar-refractivity contribution is -0.349. The number of nitrogens with zero attached hydrogens (tertiary/aromatic N) is 3. The summed E-state index contributed by atoms with van der Waals surface area (Å²) < 4.78 is 1.43. The molecule has 0 aliphatic rings. The van der Waals surface area contributed by atoms with Crippen molar-refractivity contribution >= 4 is 29.3 Å². The molecule has 0 fully saturated rings. The van der Waals surface area contributed by atoms with Crippen LogP contribution in [-0.4, -0.2) is 32.3 Å². The van der Waals surface area contributed by atoms with Gasteiger partial charge in [0.15, 0.2) is 5.82 Å². The molecule has 4 rings (SSSR count). The number of aromatic nitrogens is 2. The van der Waals surface area contributed by atoms with E-state index in [1.54, 1.807) is 24.3 Å². The van der Waals surface area contributed by atoms with Gasteiger partial charge < -0.3 is 15.7 Å². The van der Waals surface area contributed by atoms with Crippen LogP contribution in [0.2, 0.25) is 0 Å². The normalized spacial score (nSPS) is 10.8. The van der Waals surface area contributed by atoms with Crippen LogP contribution in [0.15, 0.2) is 72.8 Å². The molecule has 1 aromatic heterocycles. The van der Waals surface area contributed by atoms with Crippen LogP contribution in [0.4, 0.5) is 5.69 Å². The molecule has 0 aliphatic heterocycles. The molecule has 0 aliphatic carbocycles. The second kappa shape index (κ2) is 7.47. The fourth-order valence-corrected chi connectivity index (χ4v) is 3.04. The van der Waals surface area contributed by atoms with E-state index in [0.717, 1.165) is 10.3 Å². The molecule has 0 unspecified atom stereocenters. The van der Waals surface area contributed by atoms with Gasteiger partial charge in [-0.25, -0.2) is 4.98 Å². The average Bonchev–Trinajstić information content (AvgIpc) is 3.09. The highest BCUT2D eigenvalue weighted by Crippen LogP contribution is 2.26. The molecule has 0 atom stereocenters. The summed E-state index contributed by atoms with van der Waals surface area (Å²) in [6.45, 7) is 3.69. The zero-order chi connectivity index (χ0) is 20.4. The van der Waals surface area contributed by atoms with Crippen LogP contribution in [0.1, 0.15) is 15.9 Å². The number of amides is 1. The number of rotatable bonds is 5. The minimum atomic E-state index is -0.138. The molecule has 0 saturated heterocycles. The molecule has 7 heteroatoms.